The average molecular weight is 399 g/mol. The van der Waals surface area contributed by atoms with Gasteiger partial charge in [0.1, 0.15) is 5.82 Å². The van der Waals surface area contributed by atoms with Crippen molar-refractivity contribution in [1.29, 1.82) is 0 Å². The van der Waals surface area contributed by atoms with Crippen molar-refractivity contribution >= 4 is 5.82 Å². The largest absolute Gasteiger partial charge is 0.384 e. The van der Waals surface area contributed by atoms with Crippen molar-refractivity contribution in [2.75, 3.05) is 5.73 Å². The molecule has 2 aromatic carbocycles. The van der Waals surface area contributed by atoms with Gasteiger partial charge in [0.05, 0.1) is 11.3 Å². The minimum atomic E-state index is 0.567. The highest BCUT2D eigenvalue weighted by Crippen LogP contribution is 2.23. The SMILES string of the molecule is Cc1cccc(-c2c(C)ccc[n+]2O)c1.Cc1cccc(-c2nc(N)ccc2C)c1. The molecule has 2 aromatic heterocycles. The molecule has 0 aliphatic rings. The number of rotatable bonds is 2. The fraction of sp³-hybridized carbons (Fsp3) is 0.154. The van der Waals surface area contributed by atoms with Crippen LogP contribution in [-0.2, 0) is 0 Å². The molecule has 30 heavy (non-hydrogen) atoms. The second-order valence-electron chi connectivity index (χ2n) is 7.52. The van der Waals surface area contributed by atoms with E-state index < -0.39 is 0 Å². The molecule has 0 saturated heterocycles. The Hall–Kier alpha value is -3.66. The van der Waals surface area contributed by atoms with Gasteiger partial charge in [-0.15, -0.1) is 0 Å². The molecular weight excluding hydrogens is 370 g/mol. The van der Waals surface area contributed by atoms with E-state index in [4.69, 9.17) is 5.73 Å². The van der Waals surface area contributed by atoms with Gasteiger partial charge in [0.2, 0.25) is 6.20 Å². The Labute approximate surface area is 178 Å². The lowest BCUT2D eigenvalue weighted by atomic mass is 10.0. The van der Waals surface area contributed by atoms with Crippen molar-refractivity contribution in [3.05, 3.63) is 101 Å². The fourth-order valence-corrected chi connectivity index (χ4v) is 3.38. The number of nitrogens with two attached hydrogens (primary N) is 1. The molecule has 4 rings (SSSR count). The molecule has 0 radical (unpaired) electrons. The van der Waals surface area contributed by atoms with Crippen molar-refractivity contribution in [3.8, 4) is 22.5 Å². The molecule has 4 heteroatoms. The van der Waals surface area contributed by atoms with Gasteiger partial charge in [-0.25, -0.2) is 4.98 Å². The van der Waals surface area contributed by atoms with Gasteiger partial charge in [-0.3, -0.25) is 5.21 Å². The van der Waals surface area contributed by atoms with E-state index in [9.17, 15) is 5.21 Å². The third-order valence-corrected chi connectivity index (χ3v) is 4.88. The number of anilines is 1. The van der Waals surface area contributed by atoms with Crippen LogP contribution in [0.2, 0.25) is 0 Å². The Morgan fingerprint density at radius 3 is 2.00 bits per heavy atom. The third-order valence-electron chi connectivity index (χ3n) is 4.88. The first kappa shape index (κ1) is 21.1. The summed E-state index contributed by atoms with van der Waals surface area (Å²) in [4.78, 5) is 4.36. The zero-order valence-corrected chi connectivity index (χ0v) is 17.9. The molecule has 2 heterocycles. The lowest BCUT2D eigenvalue weighted by Gasteiger charge is -2.06. The predicted octanol–water partition coefficient (Wildman–Crippen LogP) is 5.44. The first-order valence-corrected chi connectivity index (χ1v) is 9.93. The van der Waals surface area contributed by atoms with Crippen LogP contribution in [0, 0.1) is 27.7 Å². The molecule has 0 fully saturated rings. The third kappa shape index (κ3) is 5.03. The lowest BCUT2D eigenvalue weighted by molar-refractivity contribution is -0.896. The number of hydrogen-bond acceptors (Lipinski definition) is 3. The highest BCUT2D eigenvalue weighted by atomic mass is 16.5. The molecule has 4 aromatic rings. The lowest BCUT2D eigenvalue weighted by Crippen LogP contribution is -2.32. The Morgan fingerprint density at radius 1 is 0.733 bits per heavy atom. The maximum atomic E-state index is 9.75. The van der Waals surface area contributed by atoms with Crippen LogP contribution in [0.15, 0.2) is 79.0 Å². The summed E-state index contributed by atoms with van der Waals surface area (Å²) >= 11 is 0. The van der Waals surface area contributed by atoms with Gasteiger partial charge < -0.3 is 5.73 Å². The summed E-state index contributed by atoms with van der Waals surface area (Å²) in [5.74, 6) is 0.567. The van der Waals surface area contributed by atoms with E-state index in [0.29, 0.717) is 5.82 Å². The van der Waals surface area contributed by atoms with Gasteiger partial charge >= 0.3 is 0 Å². The van der Waals surface area contributed by atoms with E-state index in [1.54, 1.807) is 6.20 Å². The second-order valence-corrected chi connectivity index (χ2v) is 7.52. The summed E-state index contributed by atoms with van der Waals surface area (Å²) in [5.41, 5.74) is 14.3. The Morgan fingerprint density at radius 2 is 1.37 bits per heavy atom. The van der Waals surface area contributed by atoms with Gasteiger partial charge in [0.15, 0.2) is 0 Å². The van der Waals surface area contributed by atoms with Crippen LogP contribution in [0.25, 0.3) is 22.5 Å². The van der Waals surface area contributed by atoms with Crippen molar-refractivity contribution in [2.45, 2.75) is 27.7 Å². The number of nitrogen functional groups attached to an aromatic ring is 1. The molecule has 0 aliphatic heterocycles. The molecule has 0 aliphatic carbocycles. The van der Waals surface area contributed by atoms with Gasteiger partial charge in [-0.1, -0.05) is 47.5 Å². The predicted molar refractivity (Wildman–Crippen MR) is 122 cm³/mol. The highest BCUT2D eigenvalue weighted by Gasteiger charge is 2.15. The molecule has 0 atom stereocenters. The van der Waals surface area contributed by atoms with Crippen LogP contribution in [0.4, 0.5) is 5.82 Å². The van der Waals surface area contributed by atoms with Gasteiger partial charge in [0.25, 0.3) is 5.69 Å². The summed E-state index contributed by atoms with van der Waals surface area (Å²) in [6.45, 7) is 8.16. The zero-order valence-electron chi connectivity index (χ0n) is 17.9. The van der Waals surface area contributed by atoms with Gasteiger partial charge in [0, 0.05) is 21.9 Å². The molecule has 3 N–H and O–H groups in total. The molecular formula is C26H28N3O+. The van der Waals surface area contributed by atoms with Crippen molar-refractivity contribution in [1.82, 2.24) is 4.98 Å². The molecule has 152 valence electrons. The standard InChI is InChI=1S/C13H14N2.C13H14NO/c1-9-4-3-5-11(8-9)13-10(2)6-7-12(14)15-13;1-10-5-3-7-12(9-10)13-11(2)6-4-8-14(13)15/h3-8H,1-2H3,(H2,14,15);3-9,15H,1-2H3/q;+1. The van der Waals surface area contributed by atoms with E-state index in [2.05, 4.69) is 36.2 Å². The maximum absolute atomic E-state index is 9.75. The topological polar surface area (TPSA) is 63.0 Å². The normalized spacial score (nSPS) is 10.3. The second kappa shape index (κ2) is 9.23. The number of nitrogens with zero attached hydrogens (tertiary/aromatic N) is 2. The molecule has 0 spiro atoms. The minimum Gasteiger partial charge on any atom is -0.384 e. The monoisotopic (exact) mass is 398 g/mol. The summed E-state index contributed by atoms with van der Waals surface area (Å²) in [5, 5.41) is 9.75. The highest BCUT2D eigenvalue weighted by molar-refractivity contribution is 5.65. The Bertz CT molecular complexity index is 1150. The summed E-state index contributed by atoms with van der Waals surface area (Å²) in [6.07, 6.45) is 1.64. The Balaban J connectivity index is 0.000000171. The van der Waals surface area contributed by atoms with E-state index >= 15 is 0 Å². The maximum Gasteiger partial charge on any atom is 0.267 e. The number of aromatic nitrogens is 2. The van der Waals surface area contributed by atoms with Crippen molar-refractivity contribution in [2.24, 2.45) is 0 Å². The molecule has 0 saturated carbocycles. The summed E-state index contributed by atoms with van der Waals surface area (Å²) in [7, 11) is 0. The van der Waals surface area contributed by atoms with E-state index in [1.165, 1.54) is 15.9 Å². The van der Waals surface area contributed by atoms with Crippen LogP contribution >= 0.6 is 0 Å². The quantitative estimate of drug-likeness (QED) is 0.349. The molecule has 0 unspecified atom stereocenters. The van der Waals surface area contributed by atoms with E-state index in [1.807, 2.05) is 69.3 Å². The smallest absolute Gasteiger partial charge is 0.267 e. The molecule has 0 amide bonds. The minimum absolute atomic E-state index is 0.567. The van der Waals surface area contributed by atoms with Crippen LogP contribution < -0.4 is 10.5 Å². The zero-order chi connectivity index (χ0) is 21.7. The first-order valence-electron chi connectivity index (χ1n) is 9.93. The summed E-state index contributed by atoms with van der Waals surface area (Å²) in [6, 6.07) is 24.0. The van der Waals surface area contributed by atoms with Crippen LogP contribution in [-0.4, -0.2) is 10.2 Å². The number of pyridine rings is 2. The van der Waals surface area contributed by atoms with E-state index in [-0.39, 0.29) is 0 Å². The summed E-state index contributed by atoms with van der Waals surface area (Å²) < 4.78 is 1.17. The number of hydrogen-bond donors (Lipinski definition) is 2. The first-order chi connectivity index (χ1) is 14.3. The van der Waals surface area contributed by atoms with Crippen LogP contribution in [0.1, 0.15) is 22.3 Å². The molecule has 4 nitrogen and oxygen atoms in total. The van der Waals surface area contributed by atoms with Gasteiger partial charge in [-0.2, -0.15) is 0 Å². The van der Waals surface area contributed by atoms with Crippen molar-refractivity contribution < 1.29 is 9.94 Å². The van der Waals surface area contributed by atoms with Crippen LogP contribution in [0.3, 0.4) is 0 Å². The molecule has 0 bridgehead atoms. The Kier molecular flexibility index (Phi) is 6.48. The fourth-order valence-electron chi connectivity index (χ4n) is 3.38. The van der Waals surface area contributed by atoms with Crippen molar-refractivity contribution in [3.63, 3.8) is 0 Å². The van der Waals surface area contributed by atoms with E-state index in [0.717, 1.165) is 33.6 Å². The number of benzene rings is 2. The number of aryl methyl sites for hydroxylation is 4. The average Bonchev–Trinajstić information content (AvgIpc) is 2.70. The van der Waals surface area contributed by atoms with Gasteiger partial charge in [-0.05, 0) is 63.6 Å². The van der Waals surface area contributed by atoms with Crippen LogP contribution in [0.5, 0.6) is 0 Å².